The number of carbonyl (C=O) groups is 1. The quantitative estimate of drug-likeness (QED) is 0.603. The lowest BCUT2D eigenvalue weighted by Gasteiger charge is -2.12. The lowest BCUT2D eigenvalue weighted by atomic mass is 10.1. The Labute approximate surface area is 72.6 Å². The molecule has 70 valence electrons. The van der Waals surface area contributed by atoms with Gasteiger partial charge >= 0.3 is 5.97 Å². The Morgan fingerprint density at radius 1 is 1.67 bits per heavy atom. The second-order valence-electron chi connectivity index (χ2n) is 3.34. The monoisotopic (exact) mass is 172 g/mol. The Morgan fingerprint density at radius 3 is 3.08 bits per heavy atom. The van der Waals surface area contributed by atoms with E-state index in [1.165, 1.54) is 0 Å². The van der Waals surface area contributed by atoms with Gasteiger partial charge in [-0.3, -0.25) is 4.79 Å². The van der Waals surface area contributed by atoms with Gasteiger partial charge in [0.2, 0.25) is 0 Å². The minimum atomic E-state index is -0.711. The Morgan fingerprint density at radius 2 is 2.42 bits per heavy atom. The molecule has 0 radical (unpaired) electrons. The number of aliphatic carboxylic acids is 1. The number of hydrogen-bond acceptors (Lipinski definition) is 3. The highest BCUT2D eigenvalue weighted by Crippen LogP contribution is 2.03. The van der Waals surface area contributed by atoms with E-state index in [1.54, 1.807) is 0 Å². The number of nitrogens with zero attached hydrogens (tertiary/aromatic N) is 1. The molecule has 0 saturated carbocycles. The van der Waals surface area contributed by atoms with Crippen molar-refractivity contribution in [1.82, 2.24) is 10.2 Å². The Balaban J connectivity index is 2.30. The molecule has 1 saturated heterocycles. The van der Waals surface area contributed by atoms with E-state index in [0.717, 1.165) is 26.1 Å². The number of carboxylic acids is 1. The van der Waals surface area contributed by atoms with Gasteiger partial charge in [0, 0.05) is 19.1 Å². The lowest BCUT2D eigenvalue weighted by molar-refractivity contribution is -0.137. The van der Waals surface area contributed by atoms with E-state index in [4.69, 9.17) is 5.11 Å². The summed E-state index contributed by atoms with van der Waals surface area (Å²) >= 11 is 0. The maximum absolute atomic E-state index is 10.4. The smallest absolute Gasteiger partial charge is 0.304 e. The molecule has 1 aliphatic rings. The third-order valence-corrected chi connectivity index (χ3v) is 2.21. The first-order valence-corrected chi connectivity index (χ1v) is 4.32. The minimum absolute atomic E-state index is 0.160. The first-order valence-electron chi connectivity index (χ1n) is 4.32. The predicted molar refractivity (Wildman–Crippen MR) is 46.2 cm³/mol. The van der Waals surface area contributed by atoms with E-state index < -0.39 is 5.97 Å². The fraction of sp³-hybridized carbons (Fsp3) is 0.875. The molecule has 0 aromatic heterocycles. The molecule has 0 bridgehead atoms. The number of carboxylic acid groups (broad SMARTS) is 1. The van der Waals surface area contributed by atoms with Gasteiger partial charge in [-0.25, -0.2) is 0 Å². The van der Waals surface area contributed by atoms with E-state index in [0.29, 0.717) is 0 Å². The molecule has 1 unspecified atom stereocenters. The topological polar surface area (TPSA) is 52.6 Å². The third kappa shape index (κ3) is 3.19. The fourth-order valence-corrected chi connectivity index (χ4v) is 1.43. The van der Waals surface area contributed by atoms with Gasteiger partial charge in [0.1, 0.15) is 0 Å². The predicted octanol–water partition coefficient (Wildman–Crippen LogP) is -0.245. The van der Waals surface area contributed by atoms with Crippen LogP contribution in [0.15, 0.2) is 0 Å². The lowest BCUT2D eigenvalue weighted by Crippen LogP contribution is -2.31. The molecule has 0 spiro atoms. The number of nitrogens with one attached hydrogen (secondary N) is 1. The van der Waals surface area contributed by atoms with Crippen molar-refractivity contribution in [1.29, 1.82) is 0 Å². The van der Waals surface area contributed by atoms with Crippen LogP contribution in [0.5, 0.6) is 0 Å². The van der Waals surface area contributed by atoms with Gasteiger partial charge in [-0.05, 0) is 20.0 Å². The SMILES string of the molecule is CN1CCNC(CC(=O)O)CC1. The van der Waals surface area contributed by atoms with Gasteiger partial charge in [-0.1, -0.05) is 0 Å². The van der Waals surface area contributed by atoms with Crippen LogP contribution < -0.4 is 5.32 Å². The highest BCUT2D eigenvalue weighted by molar-refractivity contribution is 5.67. The van der Waals surface area contributed by atoms with Gasteiger partial charge in [0.25, 0.3) is 0 Å². The summed E-state index contributed by atoms with van der Waals surface area (Å²) in [6, 6.07) is 0.160. The van der Waals surface area contributed by atoms with Crippen LogP contribution in [0.25, 0.3) is 0 Å². The second-order valence-corrected chi connectivity index (χ2v) is 3.34. The molecule has 2 N–H and O–H groups in total. The molecule has 1 heterocycles. The number of likely N-dealkylation sites (N-methyl/N-ethyl adjacent to an activating group) is 1. The average Bonchev–Trinajstić information content (AvgIpc) is 2.15. The molecule has 4 nitrogen and oxygen atoms in total. The summed E-state index contributed by atoms with van der Waals surface area (Å²) in [5.41, 5.74) is 0. The Kier molecular flexibility index (Phi) is 3.49. The zero-order chi connectivity index (χ0) is 8.97. The molecule has 4 heteroatoms. The van der Waals surface area contributed by atoms with Crippen LogP contribution in [-0.4, -0.2) is 48.7 Å². The van der Waals surface area contributed by atoms with E-state index in [-0.39, 0.29) is 12.5 Å². The maximum atomic E-state index is 10.4. The van der Waals surface area contributed by atoms with Gasteiger partial charge < -0.3 is 15.3 Å². The summed E-state index contributed by atoms with van der Waals surface area (Å²) in [4.78, 5) is 12.6. The molecule has 0 aliphatic carbocycles. The first kappa shape index (κ1) is 9.48. The van der Waals surface area contributed by atoms with Crippen LogP contribution in [-0.2, 0) is 4.79 Å². The molecular weight excluding hydrogens is 156 g/mol. The van der Waals surface area contributed by atoms with E-state index in [9.17, 15) is 4.79 Å². The minimum Gasteiger partial charge on any atom is -0.481 e. The molecule has 12 heavy (non-hydrogen) atoms. The molecule has 0 aromatic rings. The normalized spacial score (nSPS) is 26.6. The summed E-state index contributed by atoms with van der Waals surface area (Å²) in [6.45, 7) is 2.90. The zero-order valence-electron chi connectivity index (χ0n) is 7.42. The van der Waals surface area contributed by atoms with Crippen LogP contribution in [0.3, 0.4) is 0 Å². The van der Waals surface area contributed by atoms with Gasteiger partial charge in [0.15, 0.2) is 0 Å². The number of hydrogen-bond donors (Lipinski definition) is 2. The maximum Gasteiger partial charge on any atom is 0.304 e. The highest BCUT2D eigenvalue weighted by atomic mass is 16.4. The zero-order valence-corrected chi connectivity index (χ0v) is 7.42. The van der Waals surface area contributed by atoms with Crippen molar-refractivity contribution in [2.45, 2.75) is 18.9 Å². The van der Waals surface area contributed by atoms with Crippen molar-refractivity contribution >= 4 is 5.97 Å². The number of rotatable bonds is 2. The molecule has 1 rings (SSSR count). The van der Waals surface area contributed by atoms with Crippen molar-refractivity contribution in [3.05, 3.63) is 0 Å². The van der Waals surface area contributed by atoms with Gasteiger partial charge in [0.05, 0.1) is 6.42 Å². The summed E-state index contributed by atoms with van der Waals surface area (Å²) in [5, 5.41) is 11.8. The first-order chi connectivity index (χ1) is 5.68. The fourth-order valence-electron chi connectivity index (χ4n) is 1.43. The van der Waals surface area contributed by atoms with Crippen LogP contribution >= 0.6 is 0 Å². The van der Waals surface area contributed by atoms with Crippen molar-refractivity contribution < 1.29 is 9.90 Å². The summed E-state index contributed by atoms with van der Waals surface area (Å²) in [6.07, 6.45) is 1.18. The Hall–Kier alpha value is -0.610. The summed E-state index contributed by atoms with van der Waals surface area (Å²) in [5.74, 6) is -0.711. The van der Waals surface area contributed by atoms with Crippen molar-refractivity contribution in [3.8, 4) is 0 Å². The molecule has 1 aliphatic heterocycles. The van der Waals surface area contributed by atoms with E-state index in [1.807, 2.05) is 0 Å². The summed E-state index contributed by atoms with van der Waals surface area (Å²) in [7, 11) is 2.06. The molecule has 0 aromatic carbocycles. The van der Waals surface area contributed by atoms with Crippen LogP contribution in [0, 0.1) is 0 Å². The summed E-state index contributed by atoms with van der Waals surface area (Å²) < 4.78 is 0. The molecule has 1 atom stereocenters. The van der Waals surface area contributed by atoms with Gasteiger partial charge in [-0.15, -0.1) is 0 Å². The highest BCUT2D eigenvalue weighted by Gasteiger charge is 2.16. The molecular formula is C8H16N2O2. The van der Waals surface area contributed by atoms with Crippen molar-refractivity contribution in [2.24, 2.45) is 0 Å². The molecule has 1 fully saturated rings. The average molecular weight is 172 g/mol. The van der Waals surface area contributed by atoms with E-state index in [2.05, 4.69) is 17.3 Å². The third-order valence-electron chi connectivity index (χ3n) is 2.21. The Bertz CT molecular complexity index is 161. The van der Waals surface area contributed by atoms with Crippen LogP contribution in [0.2, 0.25) is 0 Å². The van der Waals surface area contributed by atoms with Crippen LogP contribution in [0.1, 0.15) is 12.8 Å². The van der Waals surface area contributed by atoms with E-state index >= 15 is 0 Å². The standard InChI is InChI=1S/C8H16N2O2/c1-10-4-2-7(6-8(11)12)9-3-5-10/h7,9H,2-6H2,1H3,(H,11,12). The largest absolute Gasteiger partial charge is 0.481 e. The molecule has 0 amide bonds. The second kappa shape index (κ2) is 4.42. The van der Waals surface area contributed by atoms with Crippen molar-refractivity contribution in [2.75, 3.05) is 26.7 Å². The van der Waals surface area contributed by atoms with Crippen molar-refractivity contribution in [3.63, 3.8) is 0 Å². The van der Waals surface area contributed by atoms with Gasteiger partial charge in [-0.2, -0.15) is 0 Å². The van der Waals surface area contributed by atoms with Crippen LogP contribution in [0.4, 0.5) is 0 Å².